The highest BCUT2D eigenvalue weighted by Crippen LogP contribution is 2.55. The molecule has 1 spiro atoms. The van der Waals surface area contributed by atoms with Crippen molar-refractivity contribution in [3.63, 3.8) is 0 Å². The normalized spacial score (nSPS) is 52.2. The molecule has 4 fully saturated rings. The SMILES string of the molecule is O=S1(=O)OCC23CC(CN21)C3. The number of rotatable bonds is 0. The van der Waals surface area contributed by atoms with Gasteiger partial charge in [-0.15, -0.1) is 0 Å². The van der Waals surface area contributed by atoms with Crippen molar-refractivity contribution >= 4 is 10.3 Å². The standard InChI is InChI=1S/C6H9NO3S/c8-11(9)7-3-5-1-6(7,2-5)4-10-11/h5H,1-4H2. The molecule has 0 atom stereocenters. The van der Waals surface area contributed by atoms with Crippen LogP contribution in [0, 0.1) is 5.92 Å². The van der Waals surface area contributed by atoms with Gasteiger partial charge < -0.3 is 0 Å². The maximum Gasteiger partial charge on any atom is 0.339 e. The molecule has 2 bridgehead atoms. The molecular formula is C6H9NO3S. The molecule has 62 valence electrons. The van der Waals surface area contributed by atoms with Crippen molar-refractivity contribution in [1.29, 1.82) is 0 Å². The summed E-state index contributed by atoms with van der Waals surface area (Å²) < 4.78 is 28.7. The number of hydrogen-bond donors (Lipinski definition) is 0. The first-order valence-electron chi connectivity index (χ1n) is 3.80. The molecule has 0 amide bonds. The highest BCUT2D eigenvalue weighted by atomic mass is 32.2. The first kappa shape index (κ1) is 6.39. The molecule has 11 heavy (non-hydrogen) atoms. The fraction of sp³-hybridized carbons (Fsp3) is 1.00. The molecule has 4 aliphatic rings. The predicted octanol–water partition coefficient (Wildman–Crippen LogP) is -0.274. The second-order valence-electron chi connectivity index (χ2n) is 3.75. The summed E-state index contributed by atoms with van der Waals surface area (Å²) in [4.78, 5) is 0. The molecule has 3 heterocycles. The van der Waals surface area contributed by atoms with E-state index in [2.05, 4.69) is 0 Å². The van der Waals surface area contributed by atoms with Gasteiger partial charge in [-0.3, -0.25) is 4.18 Å². The molecule has 1 saturated carbocycles. The number of hydrogen-bond acceptors (Lipinski definition) is 3. The zero-order valence-corrected chi connectivity index (χ0v) is 6.80. The summed E-state index contributed by atoms with van der Waals surface area (Å²) in [5, 5.41) is 0. The van der Waals surface area contributed by atoms with Crippen LogP contribution < -0.4 is 0 Å². The van der Waals surface area contributed by atoms with Gasteiger partial charge >= 0.3 is 10.3 Å². The minimum atomic E-state index is -3.31. The van der Waals surface area contributed by atoms with Crippen LogP contribution in [0.2, 0.25) is 0 Å². The summed E-state index contributed by atoms with van der Waals surface area (Å²) in [6, 6.07) is 0. The van der Waals surface area contributed by atoms with Crippen molar-refractivity contribution in [2.45, 2.75) is 18.4 Å². The van der Waals surface area contributed by atoms with E-state index in [0.717, 1.165) is 12.8 Å². The molecule has 3 saturated heterocycles. The molecule has 1 aliphatic carbocycles. The van der Waals surface area contributed by atoms with Gasteiger partial charge in [0.25, 0.3) is 0 Å². The molecule has 4 rings (SSSR count). The minimum Gasteiger partial charge on any atom is -0.256 e. The smallest absolute Gasteiger partial charge is 0.256 e. The quantitative estimate of drug-likeness (QED) is 0.509. The molecule has 0 aromatic heterocycles. The summed E-state index contributed by atoms with van der Waals surface area (Å²) in [6.07, 6.45) is 2.04. The zero-order chi connectivity index (χ0) is 7.69. The maximum atomic E-state index is 11.2. The lowest BCUT2D eigenvalue weighted by Crippen LogP contribution is -2.44. The fourth-order valence-electron chi connectivity index (χ4n) is 2.54. The van der Waals surface area contributed by atoms with Crippen LogP contribution in [-0.4, -0.2) is 31.4 Å². The summed E-state index contributed by atoms with van der Waals surface area (Å²) >= 11 is 0. The van der Waals surface area contributed by atoms with Gasteiger partial charge in [-0.25, -0.2) is 0 Å². The monoisotopic (exact) mass is 175 g/mol. The Balaban J connectivity index is 2.13. The molecule has 0 unspecified atom stereocenters. The highest BCUT2D eigenvalue weighted by Gasteiger charge is 2.64. The van der Waals surface area contributed by atoms with E-state index in [1.54, 1.807) is 4.31 Å². The van der Waals surface area contributed by atoms with Crippen LogP contribution in [0.1, 0.15) is 12.8 Å². The van der Waals surface area contributed by atoms with Crippen LogP contribution in [0.25, 0.3) is 0 Å². The van der Waals surface area contributed by atoms with Crippen molar-refractivity contribution in [2.75, 3.05) is 13.2 Å². The van der Waals surface area contributed by atoms with Crippen LogP contribution in [0.4, 0.5) is 0 Å². The Bertz CT molecular complexity index is 304. The van der Waals surface area contributed by atoms with E-state index in [1.165, 1.54) is 0 Å². The lowest BCUT2D eigenvalue weighted by atomic mass is 9.74. The van der Waals surface area contributed by atoms with Crippen LogP contribution in [0.5, 0.6) is 0 Å². The van der Waals surface area contributed by atoms with Gasteiger partial charge in [-0.1, -0.05) is 0 Å². The zero-order valence-electron chi connectivity index (χ0n) is 5.99. The third kappa shape index (κ3) is 0.566. The Morgan fingerprint density at radius 1 is 1.45 bits per heavy atom. The molecule has 5 heteroatoms. The van der Waals surface area contributed by atoms with Gasteiger partial charge in [0.1, 0.15) is 0 Å². The average molecular weight is 175 g/mol. The van der Waals surface area contributed by atoms with Crippen LogP contribution in [-0.2, 0) is 14.5 Å². The van der Waals surface area contributed by atoms with E-state index in [0.29, 0.717) is 19.1 Å². The van der Waals surface area contributed by atoms with Crippen molar-refractivity contribution in [3.8, 4) is 0 Å². The fourth-order valence-corrected chi connectivity index (χ4v) is 4.11. The predicted molar refractivity (Wildman–Crippen MR) is 37.0 cm³/mol. The summed E-state index contributed by atoms with van der Waals surface area (Å²) in [6.45, 7) is 1.09. The van der Waals surface area contributed by atoms with Crippen molar-refractivity contribution < 1.29 is 12.6 Å². The Hall–Kier alpha value is -0.130. The first-order valence-corrected chi connectivity index (χ1v) is 5.16. The largest absolute Gasteiger partial charge is 0.339 e. The average Bonchev–Trinajstić information content (AvgIpc) is 2.38. The molecule has 3 aliphatic heterocycles. The van der Waals surface area contributed by atoms with Gasteiger partial charge in [0.2, 0.25) is 0 Å². The third-order valence-corrected chi connectivity index (χ3v) is 4.53. The number of nitrogens with zero attached hydrogens (tertiary/aromatic N) is 1. The van der Waals surface area contributed by atoms with Crippen molar-refractivity contribution in [1.82, 2.24) is 4.31 Å². The molecule has 0 N–H and O–H groups in total. The Kier molecular flexibility index (Phi) is 0.863. The van der Waals surface area contributed by atoms with Crippen LogP contribution in [0.3, 0.4) is 0 Å². The topological polar surface area (TPSA) is 46.6 Å². The Morgan fingerprint density at radius 3 is 2.82 bits per heavy atom. The van der Waals surface area contributed by atoms with Gasteiger partial charge in [-0.05, 0) is 18.8 Å². The lowest BCUT2D eigenvalue weighted by Gasteiger charge is -2.34. The molecule has 0 aromatic carbocycles. The minimum absolute atomic E-state index is 0.0938. The summed E-state index contributed by atoms with van der Waals surface area (Å²) in [5.74, 6) is 0.619. The van der Waals surface area contributed by atoms with Gasteiger partial charge in [0, 0.05) is 6.54 Å². The molecule has 0 radical (unpaired) electrons. The van der Waals surface area contributed by atoms with E-state index >= 15 is 0 Å². The van der Waals surface area contributed by atoms with Crippen molar-refractivity contribution in [2.24, 2.45) is 5.92 Å². The highest BCUT2D eigenvalue weighted by molar-refractivity contribution is 7.84. The second-order valence-corrected chi connectivity index (χ2v) is 5.28. The Labute approximate surface area is 65.4 Å². The second kappa shape index (κ2) is 1.48. The van der Waals surface area contributed by atoms with E-state index < -0.39 is 10.3 Å². The summed E-state index contributed by atoms with van der Waals surface area (Å²) in [5.41, 5.74) is -0.0938. The van der Waals surface area contributed by atoms with Gasteiger partial charge in [-0.2, -0.15) is 12.7 Å². The van der Waals surface area contributed by atoms with E-state index in [-0.39, 0.29) is 5.54 Å². The van der Waals surface area contributed by atoms with E-state index in [1.807, 2.05) is 0 Å². The van der Waals surface area contributed by atoms with Crippen LogP contribution >= 0.6 is 0 Å². The lowest BCUT2D eigenvalue weighted by molar-refractivity contribution is 0.145. The van der Waals surface area contributed by atoms with Crippen molar-refractivity contribution in [3.05, 3.63) is 0 Å². The molecule has 0 aromatic rings. The van der Waals surface area contributed by atoms with Crippen LogP contribution in [0.15, 0.2) is 0 Å². The maximum absolute atomic E-state index is 11.2. The molecular weight excluding hydrogens is 166 g/mol. The Morgan fingerprint density at radius 2 is 2.18 bits per heavy atom. The summed E-state index contributed by atoms with van der Waals surface area (Å²) in [7, 11) is -3.31. The van der Waals surface area contributed by atoms with E-state index in [9.17, 15) is 8.42 Å². The first-order chi connectivity index (χ1) is 5.12. The van der Waals surface area contributed by atoms with Gasteiger partial charge in [0.15, 0.2) is 0 Å². The molecule has 4 nitrogen and oxygen atoms in total. The van der Waals surface area contributed by atoms with Gasteiger partial charge in [0.05, 0.1) is 12.1 Å². The third-order valence-electron chi connectivity index (χ3n) is 3.04. The van der Waals surface area contributed by atoms with E-state index in [4.69, 9.17) is 4.18 Å².